The summed E-state index contributed by atoms with van der Waals surface area (Å²) in [5.41, 5.74) is 0.800. The van der Waals surface area contributed by atoms with Gasteiger partial charge < -0.3 is 10.6 Å². The minimum Gasteiger partial charge on any atom is -0.360 e. The minimum atomic E-state index is -0.587. The van der Waals surface area contributed by atoms with E-state index in [1.165, 1.54) is 24.4 Å². The Balaban J connectivity index is 2.08. The fourth-order valence-electron chi connectivity index (χ4n) is 1.62. The van der Waals surface area contributed by atoms with E-state index in [2.05, 4.69) is 10.6 Å². The lowest BCUT2D eigenvalue weighted by molar-refractivity contribution is -0.112. The van der Waals surface area contributed by atoms with Crippen LogP contribution in [0.1, 0.15) is 0 Å². The third-order valence-corrected chi connectivity index (χ3v) is 3.31. The molecular formula is C16H10Cl2FN3O. The van der Waals surface area contributed by atoms with Gasteiger partial charge in [-0.15, -0.1) is 0 Å². The summed E-state index contributed by atoms with van der Waals surface area (Å²) in [6, 6.07) is 12.2. The number of anilines is 2. The summed E-state index contributed by atoms with van der Waals surface area (Å²) in [7, 11) is 0. The number of carbonyl (C=O) groups is 1. The van der Waals surface area contributed by atoms with Crippen LogP contribution in [0.5, 0.6) is 0 Å². The van der Waals surface area contributed by atoms with Gasteiger partial charge in [0.1, 0.15) is 17.5 Å². The summed E-state index contributed by atoms with van der Waals surface area (Å²) in [6.07, 6.45) is 1.22. The van der Waals surface area contributed by atoms with Gasteiger partial charge in [0.25, 0.3) is 5.91 Å². The maximum Gasteiger partial charge on any atom is 0.267 e. The van der Waals surface area contributed by atoms with Crippen molar-refractivity contribution in [1.29, 1.82) is 5.26 Å². The van der Waals surface area contributed by atoms with E-state index in [9.17, 15) is 9.18 Å². The van der Waals surface area contributed by atoms with Gasteiger partial charge in [-0.2, -0.15) is 5.26 Å². The number of nitrogens with one attached hydrogen (secondary N) is 2. The van der Waals surface area contributed by atoms with E-state index in [4.69, 9.17) is 28.5 Å². The topological polar surface area (TPSA) is 64.9 Å². The Morgan fingerprint density at radius 2 is 1.78 bits per heavy atom. The predicted octanol–water partition coefficient (Wildman–Crippen LogP) is 4.59. The fourth-order valence-corrected chi connectivity index (χ4v) is 1.93. The number of nitrogens with zero attached hydrogens (tertiary/aromatic N) is 1. The molecule has 0 fully saturated rings. The van der Waals surface area contributed by atoms with E-state index in [0.29, 0.717) is 16.4 Å². The number of amides is 1. The van der Waals surface area contributed by atoms with Crippen molar-refractivity contribution >= 4 is 40.5 Å². The molecule has 0 unspecified atom stereocenters. The van der Waals surface area contributed by atoms with Gasteiger partial charge in [-0.3, -0.25) is 4.79 Å². The molecule has 0 saturated heterocycles. The van der Waals surface area contributed by atoms with Gasteiger partial charge in [0, 0.05) is 22.6 Å². The molecule has 116 valence electrons. The lowest BCUT2D eigenvalue weighted by Crippen LogP contribution is -2.14. The monoisotopic (exact) mass is 349 g/mol. The van der Waals surface area contributed by atoms with Crippen LogP contribution < -0.4 is 10.6 Å². The summed E-state index contributed by atoms with van der Waals surface area (Å²) in [4.78, 5) is 12.0. The average molecular weight is 350 g/mol. The summed E-state index contributed by atoms with van der Waals surface area (Å²) < 4.78 is 13.1. The van der Waals surface area contributed by atoms with Gasteiger partial charge in [0.05, 0.1) is 5.02 Å². The van der Waals surface area contributed by atoms with Gasteiger partial charge in [-0.25, -0.2) is 4.39 Å². The Morgan fingerprint density at radius 1 is 1.13 bits per heavy atom. The van der Waals surface area contributed by atoms with Crippen LogP contribution in [0.4, 0.5) is 15.8 Å². The van der Waals surface area contributed by atoms with Gasteiger partial charge in [0.2, 0.25) is 0 Å². The summed E-state index contributed by atoms with van der Waals surface area (Å²) >= 11 is 11.4. The van der Waals surface area contributed by atoms with Crippen LogP contribution >= 0.6 is 23.2 Å². The molecule has 2 aromatic rings. The second-order valence-electron chi connectivity index (χ2n) is 4.40. The van der Waals surface area contributed by atoms with Crippen molar-refractivity contribution in [1.82, 2.24) is 0 Å². The van der Waals surface area contributed by atoms with Crippen molar-refractivity contribution in [2.45, 2.75) is 0 Å². The van der Waals surface area contributed by atoms with Crippen LogP contribution in [0.3, 0.4) is 0 Å². The third-order valence-electron chi connectivity index (χ3n) is 2.77. The molecule has 0 spiro atoms. The minimum absolute atomic E-state index is 0.0625. The van der Waals surface area contributed by atoms with Crippen molar-refractivity contribution in [2.24, 2.45) is 0 Å². The Morgan fingerprint density at radius 3 is 2.39 bits per heavy atom. The first-order valence-electron chi connectivity index (χ1n) is 6.38. The Kier molecular flexibility index (Phi) is 5.58. The van der Waals surface area contributed by atoms with Crippen LogP contribution in [0.15, 0.2) is 54.2 Å². The maximum absolute atomic E-state index is 13.1. The number of halogens is 3. The van der Waals surface area contributed by atoms with Crippen molar-refractivity contribution in [3.05, 3.63) is 70.1 Å². The van der Waals surface area contributed by atoms with Crippen LogP contribution in [-0.2, 0) is 4.79 Å². The number of benzene rings is 2. The zero-order chi connectivity index (χ0) is 16.8. The van der Waals surface area contributed by atoms with Crippen molar-refractivity contribution in [2.75, 3.05) is 10.6 Å². The molecule has 0 aromatic heterocycles. The van der Waals surface area contributed by atoms with E-state index < -0.39 is 11.7 Å². The lowest BCUT2D eigenvalue weighted by Gasteiger charge is -2.06. The number of nitriles is 1. The quantitative estimate of drug-likeness (QED) is 0.626. The Labute approximate surface area is 142 Å². The normalized spacial score (nSPS) is 10.8. The zero-order valence-corrected chi connectivity index (χ0v) is 13.1. The SMILES string of the molecule is N#C/C(=C/Nc1ccc(F)c(Cl)c1)C(=O)Nc1ccc(Cl)cc1. The highest BCUT2D eigenvalue weighted by atomic mass is 35.5. The molecule has 0 radical (unpaired) electrons. The first-order chi connectivity index (χ1) is 11.0. The zero-order valence-electron chi connectivity index (χ0n) is 11.6. The molecule has 2 rings (SSSR count). The number of hydrogen-bond donors (Lipinski definition) is 2. The van der Waals surface area contributed by atoms with Crippen LogP contribution in [0.2, 0.25) is 10.0 Å². The molecule has 1 amide bonds. The molecule has 0 aliphatic rings. The number of carbonyl (C=O) groups excluding carboxylic acids is 1. The van der Waals surface area contributed by atoms with E-state index in [-0.39, 0.29) is 10.6 Å². The molecule has 2 N–H and O–H groups in total. The average Bonchev–Trinajstić information content (AvgIpc) is 2.53. The van der Waals surface area contributed by atoms with Crippen molar-refractivity contribution in [3.8, 4) is 6.07 Å². The van der Waals surface area contributed by atoms with Gasteiger partial charge >= 0.3 is 0 Å². The standard InChI is InChI=1S/C16H10Cl2FN3O/c17-11-1-3-12(4-2-11)22-16(23)10(8-20)9-21-13-5-6-15(19)14(18)7-13/h1-7,9,21H,(H,22,23)/b10-9-. The molecule has 0 bridgehead atoms. The smallest absolute Gasteiger partial charge is 0.267 e. The van der Waals surface area contributed by atoms with Gasteiger partial charge in [0.15, 0.2) is 0 Å². The highest BCUT2D eigenvalue weighted by Gasteiger charge is 2.09. The summed E-state index contributed by atoms with van der Waals surface area (Å²) in [5, 5.41) is 14.8. The van der Waals surface area contributed by atoms with Crippen LogP contribution in [-0.4, -0.2) is 5.91 Å². The molecule has 0 atom stereocenters. The molecular weight excluding hydrogens is 340 g/mol. The molecule has 0 aliphatic carbocycles. The third kappa shape index (κ3) is 4.71. The predicted molar refractivity (Wildman–Crippen MR) is 88.8 cm³/mol. The van der Waals surface area contributed by atoms with E-state index in [1.54, 1.807) is 30.3 Å². The van der Waals surface area contributed by atoms with E-state index >= 15 is 0 Å². The summed E-state index contributed by atoms with van der Waals surface area (Å²) in [5.74, 6) is -1.14. The molecule has 0 aliphatic heterocycles. The molecule has 7 heteroatoms. The summed E-state index contributed by atoms with van der Waals surface area (Å²) in [6.45, 7) is 0. The van der Waals surface area contributed by atoms with Crippen LogP contribution in [0.25, 0.3) is 0 Å². The molecule has 2 aromatic carbocycles. The van der Waals surface area contributed by atoms with Crippen LogP contribution in [0, 0.1) is 17.1 Å². The van der Waals surface area contributed by atoms with Crippen molar-refractivity contribution in [3.63, 3.8) is 0 Å². The molecule has 4 nitrogen and oxygen atoms in total. The lowest BCUT2D eigenvalue weighted by atomic mass is 10.2. The van der Waals surface area contributed by atoms with Crippen molar-refractivity contribution < 1.29 is 9.18 Å². The van der Waals surface area contributed by atoms with E-state index in [0.717, 1.165) is 0 Å². The van der Waals surface area contributed by atoms with E-state index in [1.807, 2.05) is 0 Å². The largest absolute Gasteiger partial charge is 0.360 e. The Hall–Kier alpha value is -2.55. The Bertz CT molecular complexity index is 798. The molecule has 0 heterocycles. The first kappa shape index (κ1) is 16.8. The molecule has 23 heavy (non-hydrogen) atoms. The number of hydrogen-bond acceptors (Lipinski definition) is 3. The second-order valence-corrected chi connectivity index (χ2v) is 5.25. The fraction of sp³-hybridized carbons (Fsp3) is 0. The number of rotatable bonds is 4. The highest BCUT2D eigenvalue weighted by Crippen LogP contribution is 2.19. The highest BCUT2D eigenvalue weighted by molar-refractivity contribution is 6.31. The first-order valence-corrected chi connectivity index (χ1v) is 7.14. The maximum atomic E-state index is 13.1. The van der Waals surface area contributed by atoms with Gasteiger partial charge in [-0.1, -0.05) is 23.2 Å². The van der Waals surface area contributed by atoms with Gasteiger partial charge in [-0.05, 0) is 42.5 Å². The molecule has 0 saturated carbocycles. The second kappa shape index (κ2) is 7.63.